The highest BCUT2D eigenvalue weighted by Gasteiger charge is 2.33. The number of benzene rings is 3. The molecule has 1 aliphatic rings. The van der Waals surface area contributed by atoms with Crippen LogP contribution in [0, 0.1) is 5.92 Å². The Labute approximate surface area is 247 Å². The molecule has 5 rings (SSSR count). The number of carbonyl (C=O) groups is 2. The number of rotatable bonds is 11. The van der Waals surface area contributed by atoms with E-state index in [9.17, 15) is 18.0 Å². The number of anilines is 1. The van der Waals surface area contributed by atoms with Crippen LogP contribution in [0.1, 0.15) is 35.7 Å². The zero-order valence-electron chi connectivity index (χ0n) is 22.5. The molecular formula is C29H30N4O5S3. The van der Waals surface area contributed by atoms with Crippen LogP contribution in [0.25, 0.3) is 10.8 Å². The lowest BCUT2D eigenvalue weighted by Gasteiger charge is -2.30. The number of ketones is 1. The first kappa shape index (κ1) is 29.2. The van der Waals surface area contributed by atoms with Crippen LogP contribution in [-0.4, -0.2) is 60.9 Å². The Morgan fingerprint density at radius 2 is 1.80 bits per heavy atom. The Bertz CT molecular complexity index is 1640. The number of piperidine rings is 1. The molecule has 1 aromatic heterocycles. The monoisotopic (exact) mass is 610 g/mol. The van der Waals surface area contributed by atoms with Crippen LogP contribution in [0.15, 0.2) is 76.0 Å². The van der Waals surface area contributed by atoms with Crippen molar-refractivity contribution < 1.29 is 22.7 Å². The zero-order valence-corrected chi connectivity index (χ0v) is 24.9. The van der Waals surface area contributed by atoms with Gasteiger partial charge in [0, 0.05) is 24.4 Å². The number of aromatic nitrogens is 2. The Hall–Kier alpha value is -3.32. The van der Waals surface area contributed by atoms with Crippen molar-refractivity contribution in [3.05, 3.63) is 77.9 Å². The van der Waals surface area contributed by atoms with Crippen molar-refractivity contribution in [2.24, 2.45) is 5.92 Å². The summed E-state index contributed by atoms with van der Waals surface area (Å²) >= 11 is 2.95. The van der Waals surface area contributed by atoms with Crippen molar-refractivity contribution >= 4 is 60.8 Å². The van der Waals surface area contributed by atoms with Gasteiger partial charge in [-0.25, -0.2) is 8.42 Å². The highest BCUT2D eigenvalue weighted by molar-refractivity contribution is 8.00. The molecule has 1 fully saturated rings. The number of sulfonamides is 1. The van der Waals surface area contributed by atoms with E-state index in [1.54, 1.807) is 30.8 Å². The summed E-state index contributed by atoms with van der Waals surface area (Å²) in [5, 5.41) is 14.3. The quantitative estimate of drug-likeness (QED) is 0.138. The number of hydrogen-bond acceptors (Lipinski definition) is 10. The second-order valence-electron chi connectivity index (χ2n) is 9.54. The van der Waals surface area contributed by atoms with Gasteiger partial charge in [-0.1, -0.05) is 77.7 Å². The average Bonchev–Trinajstić information content (AvgIpc) is 3.47. The third-order valence-corrected chi connectivity index (χ3v) is 10.9. The first-order valence-corrected chi connectivity index (χ1v) is 16.6. The summed E-state index contributed by atoms with van der Waals surface area (Å²) in [5.74, 6) is -0.0897. The third kappa shape index (κ3) is 6.95. The number of carbonyl (C=O) groups excluding carboxylic acids is 2. The van der Waals surface area contributed by atoms with Crippen molar-refractivity contribution in [2.45, 2.75) is 34.8 Å². The van der Waals surface area contributed by atoms with Crippen molar-refractivity contribution in [2.75, 3.05) is 31.6 Å². The molecule has 0 radical (unpaired) electrons. The molecule has 3 aromatic carbocycles. The number of nitrogens with one attached hydrogen (secondary N) is 1. The van der Waals surface area contributed by atoms with E-state index in [0.29, 0.717) is 24.6 Å². The van der Waals surface area contributed by atoms with E-state index in [2.05, 4.69) is 39.8 Å². The van der Waals surface area contributed by atoms with Crippen LogP contribution < -0.4 is 5.32 Å². The van der Waals surface area contributed by atoms with Gasteiger partial charge < -0.3 is 10.1 Å². The van der Waals surface area contributed by atoms with E-state index in [4.69, 9.17) is 4.74 Å². The van der Waals surface area contributed by atoms with Crippen LogP contribution >= 0.6 is 23.1 Å². The summed E-state index contributed by atoms with van der Waals surface area (Å²) in [6.07, 6.45) is 0.815. The highest BCUT2D eigenvalue weighted by atomic mass is 32.2. The molecule has 9 nitrogen and oxygen atoms in total. The van der Waals surface area contributed by atoms with Gasteiger partial charge in [-0.15, -0.1) is 10.2 Å². The molecule has 12 heteroatoms. The molecule has 41 heavy (non-hydrogen) atoms. The molecule has 4 aromatic rings. The van der Waals surface area contributed by atoms with Gasteiger partial charge in [-0.3, -0.25) is 9.59 Å². The Morgan fingerprint density at radius 1 is 1.05 bits per heavy atom. The molecule has 1 aliphatic heterocycles. The normalized spacial score (nSPS) is 14.7. The number of fused-ring (bicyclic) bond motifs is 1. The van der Waals surface area contributed by atoms with Crippen LogP contribution in [0.5, 0.6) is 0 Å². The van der Waals surface area contributed by atoms with E-state index in [1.807, 2.05) is 18.2 Å². The fourth-order valence-electron chi connectivity index (χ4n) is 4.73. The molecule has 0 saturated carbocycles. The molecule has 2 heterocycles. The van der Waals surface area contributed by atoms with Crippen molar-refractivity contribution in [1.29, 1.82) is 0 Å². The molecule has 0 aliphatic carbocycles. The molecule has 1 saturated heterocycles. The largest absolute Gasteiger partial charge is 0.466 e. The van der Waals surface area contributed by atoms with Crippen LogP contribution in [-0.2, 0) is 25.3 Å². The smallest absolute Gasteiger partial charge is 0.309 e. The van der Waals surface area contributed by atoms with Gasteiger partial charge in [0.2, 0.25) is 15.2 Å². The summed E-state index contributed by atoms with van der Waals surface area (Å²) in [6.45, 7) is 2.46. The first-order valence-electron chi connectivity index (χ1n) is 13.3. The summed E-state index contributed by atoms with van der Waals surface area (Å²) in [7, 11) is -3.80. The fourth-order valence-corrected chi connectivity index (χ4v) is 7.99. The summed E-state index contributed by atoms with van der Waals surface area (Å²) in [4.78, 5) is 25.0. The van der Waals surface area contributed by atoms with Crippen molar-refractivity contribution in [3.8, 4) is 0 Å². The third-order valence-electron chi connectivity index (χ3n) is 6.91. The number of esters is 1. The van der Waals surface area contributed by atoms with Crippen LogP contribution in [0.3, 0.4) is 0 Å². The lowest BCUT2D eigenvalue weighted by molar-refractivity contribution is -0.149. The number of hydrogen-bond donors (Lipinski definition) is 1. The SMILES string of the molecule is CCOC(=O)C1CCN(S(=O)(=O)c2cccc(C(=O)CNc3nnc(SCc4cccc5ccccc45)s3)c2)CC1. The predicted molar refractivity (Wildman–Crippen MR) is 161 cm³/mol. The van der Waals surface area contributed by atoms with E-state index in [0.717, 1.165) is 10.1 Å². The lowest BCUT2D eigenvalue weighted by Crippen LogP contribution is -2.40. The second kappa shape index (κ2) is 13.1. The maximum atomic E-state index is 13.2. The Balaban J connectivity index is 1.16. The number of thioether (sulfide) groups is 1. The number of nitrogens with zero attached hydrogens (tertiary/aromatic N) is 3. The molecule has 0 spiro atoms. The van der Waals surface area contributed by atoms with Crippen molar-refractivity contribution in [1.82, 2.24) is 14.5 Å². The fraction of sp³-hybridized carbons (Fsp3) is 0.310. The molecular weight excluding hydrogens is 581 g/mol. The lowest BCUT2D eigenvalue weighted by atomic mass is 9.98. The van der Waals surface area contributed by atoms with Gasteiger partial charge in [0.1, 0.15) is 0 Å². The minimum absolute atomic E-state index is 0.0446. The van der Waals surface area contributed by atoms with Crippen molar-refractivity contribution in [3.63, 3.8) is 0 Å². The second-order valence-corrected chi connectivity index (χ2v) is 13.7. The Morgan fingerprint density at radius 3 is 2.61 bits per heavy atom. The van der Waals surface area contributed by atoms with Crippen LogP contribution in [0.2, 0.25) is 0 Å². The maximum absolute atomic E-state index is 13.2. The van der Waals surface area contributed by atoms with Gasteiger partial charge in [0.25, 0.3) is 0 Å². The molecule has 0 amide bonds. The minimum atomic E-state index is -3.80. The molecule has 0 bridgehead atoms. The average molecular weight is 611 g/mol. The van der Waals surface area contributed by atoms with Gasteiger partial charge in [0.15, 0.2) is 10.1 Å². The maximum Gasteiger partial charge on any atom is 0.309 e. The van der Waals surface area contributed by atoms with Crippen LogP contribution in [0.4, 0.5) is 5.13 Å². The molecule has 1 N–H and O–H groups in total. The molecule has 214 valence electrons. The minimum Gasteiger partial charge on any atom is -0.466 e. The zero-order chi connectivity index (χ0) is 28.8. The highest BCUT2D eigenvalue weighted by Crippen LogP contribution is 2.31. The predicted octanol–water partition coefficient (Wildman–Crippen LogP) is 5.24. The van der Waals surface area contributed by atoms with E-state index in [-0.39, 0.29) is 47.8 Å². The first-order chi connectivity index (χ1) is 19.8. The molecule has 0 unspecified atom stereocenters. The van der Waals surface area contributed by atoms with E-state index >= 15 is 0 Å². The number of ether oxygens (including phenoxy) is 1. The van der Waals surface area contributed by atoms with Gasteiger partial charge in [0.05, 0.1) is 24.0 Å². The molecule has 0 atom stereocenters. The van der Waals surface area contributed by atoms with Gasteiger partial charge >= 0.3 is 5.97 Å². The Kier molecular flexibility index (Phi) is 9.33. The summed E-state index contributed by atoms with van der Waals surface area (Å²) in [6, 6.07) is 20.6. The topological polar surface area (TPSA) is 119 Å². The van der Waals surface area contributed by atoms with Gasteiger partial charge in [-0.2, -0.15) is 4.31 Å². The van der Waals surface area contributed by atoms with E-state index in [1.165, 1.54) is 44.1 Å². The summed E-state index contributed by atoms with van der Waals surface area (Å²) < 4.78 is 33.7. The summed E-state index contributed by atoms with van der Waals surface area (Å²) in [5.41, 5.74) is 1.50. The van der Waals surface area contributed by atoms with Gasteiger partial charge in [-0.05, 0) is 48.2 Å². The van der Waals surface area contributed by atoms with E-state index < -0.39 is 10.0 Å². The standard InChI is InChI=1S/C29H30N4O5S3/c1-2-38-27(35)21-13-15-33(16-14-21)41(36,37)24-11-6-9-22(17-24)26(34)18-30-28-31-32-29(40-28)39-19-23-10-5-8-20-7-3-4-12-25(20)23/h3-12,17,21H,2,13-16,18-19H2,1H3,(H,30,31). The number of Topliss-reactive ketones (excluding diaryl/α,β-unsaturated/α-hetero) is 1.